The van der Waals surface area contributed by atoms with Crippen molar-refractivity contribution in [1.82, 2.24) is 4.90 Å². The van der Waals surface area contributed by atoms with Crippen molar-refractivity contribution in [3.63, 3.8) is 0 Å². The van der Waals surface area contributed by atoms with Crippen molar-refractivity contribution in [3.05, 3.63) is 65.5 Å². The lowest BCUT2D eigenvalue weighted by atomic mass is 9.95. The number of carbonyl (C=O) groups excluding carboxylic acids is 1. The lowest BCUT2D eigenvalue weighted by Crippen LogP contribution is -2.42. The van der Waals surface area contributed by atoms with Gasteiger partial charge in [-0.2, -0.15) is 0 Å². The zero-order chi connectivity index (χ0) is 21.3. The number of likely N-dealkylation sites (tertiary alicyclic amines) is 1. The van der Waals surface area contributed by atoms with E-state index in [9.17, 15) is 17.6 Å². The summed E-state index contributed by atoms with van der Waals surface area (Å²) in [6.45, 7) is 3.09. The molecule has 4 nitrogen and oxygen atoms in total. The molecule has 0 spiro atoms. The summed E-state index contributed by atoms with van der Waals surface area (Å²) in [6.07, 6.45) is 3.06. The molecule has 0 amide bonds. The van der Waals surface area contributed by atoms with Crippen LogP contribution in [0.15, 0.2) is 53.4 Å². The number of Topliss-reactive ketones (excluding diaryl/α,β-unsaturated/α-hetero) is 1. The molecule has 1 aliphatic carbocycles. The average molecular weight is 448 g/mol. The standard InChI is InChI=1S/C23H26FNO3S2/c1-16-6-10-19(11-7-16)30(27,28)29-18-12-14-25(15-13-18)22(23(26)17-8-9-17)20-4-2-3-5-21(20)24/h2-7,10-11,17-18,22H,8-9,12-15H2,1H3. The highest BCUT2D eigenvalue weighted by atomic mass is 33.1. The van der Waals surface area contributed by atoms with Gasteiger partial charge in [-0.1, -0.05) is 35.9 Å². The number of halogens is 1. The Balaban J connectivity index is 1.45. The molecule has 1 saturated carbocycles. The highest BCUT2D eigenvalue weighted by Gasteiger charge is 2.40. The van der Waals surface area contributed by atoms with Crippen molar-refractivity contribution >= 4 is 25.4 Å². The minimum Gasteiger partial charge on any atom is -0.297 e. The van der Waals surface area contributed by atoms with E-state index >= 15 is 0 Å². The monoisotopic (exact) mass is 447 g/mol. The predicted octanol–water partition coefficient (Wildman–Crippen LogP) is 4.74. The number of rotatable bonds is 7. The number of benzene rings is 2. The molecule has 2 aromatic carbocycles. The van der Waals surface area contributed by atoms with Crippen LogP contribution in [0.3, 0.4) is 0 Å². The fourth-order valence-electron chi connectivity index (χ4n) is 3.99. The van der Waals surface area contributed by atoms with Crippen molar-refractivity contribution in [1.29, 1.82) is 0 Å². The number of hydrogen-bond acceptors (Lipinski definition) is 5. The molecule has 0 radical (unpaired) electrons. The topological polar surface area (TPSA) is 54.5 Å². The molecule has 1 atom stereocenters. The van der Waals surface area contributed by atoms with Crippen LogP contribution in [-0.4, -0.2) is 37.4 Å². The molecule has 2 aliphatic rings. The van der Waals surface area contributed by atoms with E-state index in [1.54, 1.807) is 42.5 Å². The van der Waals surface area contributed by atoms with E-state index in [-0.39, 0.29) is 22.8 Å². The molecule has 30 heavy (non-hydrogen) atoms. The van der Waals surface area contributed by atoms with Crippen LogP contribution in [0, 0.1) is 18.7 Å². The fourth-order valence-corrected chi connectivity index (χ4v) is 7.65. The van der Waals surface area contributed by atoms with Crippen LogP contribution in [0.2, 0.25) is 0 Å². The van der Waals surface area contributed by atoms with Gasteiger partial charge in [0.2, 0.25) is 8.87 Å². The van der Waals surface area contributed by atoms with Crippen LogP contribution < -0.4 is 0 Å². The Morgan fingerprint density at radius 3 is 2.27 bits per heavy atom. The number of carbonyl (C=O) groups is 1. The summed E-state index contributed by atoms with van der Waals surface area (Å²) in [4.78, 5) is 15.3. The van der Waals surface area contributed by atoms with Gasteiger partial charge < -0.3 is 0 Å². The van der Waals surface area contributed by atoms with E-state index in [4.69, 9.17) is 0 Å². The predicted molar refractivity (Wildman–Crippen MR) is 117 cm³/mol. The largest absolute Gasteiger partial charge is 0.297 e. The Kier molecular flexibility index (Phi) is 6.32. The van der Waals surface area contributed by atoms with Gasteiger partial charge in [0.15, 0.2) is 5.78 Å². The van der Waals surface area contributed by atoms with Gasteiger partial charge in [-0.3, -0.25) is 9.69 Å². The summed E-state index contributed by atoms with van der Waals surface area (Å²) in [5.41, 5.74) is 1.46. The summed E-state index contributed by atoms with van der Waals surface area (Å²) in [6, 6.07) is 12.8. The number of ketones is 1. The molecule has 0 aromatic heterocycles. The van der Waals surface area contributed by atoms with E-state index in [0.717, 1.165) is 29.2 Å². The molecule has 1 unspecified atom stereocenters. The Morgan fingerprint density at radius 1 is 1.03 bits per heavy atom. The third-order valence-electron chi connectivity index (χ3n) is 5.86. The smallest absolute Gasteiger partial charge is 0.230 e. The third-order valence-corrected chi connectivity index (χ3v) is 9.86. The molecule has 1 heterocycles. The van der Waals surface area contributed by atoms with Crippen LogP contribution in [0.1, 0.15) is 42.9 Å². The van der Waals surface area contributed by atoms with Crippen molar-refractivity contribution in [3.8, 4) is 0 Å². The third kappa shape index (κ3) is 4.79. The zero-order valence-corrected chi connectivity index (χ0v) is 18.6. The van der Waals surface area contributed by atoms with Crippen molar-refractivity contribution in [2.24, 2.45) is 5.92 Å². The fraction of sp³-hybridized carbons (Fsp3) is 0.435. The second kappa shape index (κ2) is 8.81. The Bertz CT molecular complexity index is 1010. The van der Waals surface area contributed by atoms with Crippen LogP contribution in [0.25, 0.3) is 0 Å². The second-order valence-electron chi connectivity index (χ2n) is 8.20. The number of aryl methyl sites for hydroxylation is 1. The normalized spacial score (nSPS) is 19.5. The molecule has 7 heteroatoms. The number of nitrogens with zero attached hydrogens (tertiary/aromatic N) is 1. The minimum absolute atomic E-state index is 0.0311. The zero-order valence-electron chi connectivity index (χ0n) is 17.0. The molecular weight excluding hydrogens is 421 g/mol. The van der Waals surface area contributed by atoms with Crippen LogP contribution in [0.4, 0.5) is 4.39 Å². The van der Waals surface area contributed by atoms with Gasteiger partial charge in [0.1, 0.15) is 5.82 Å². The quantitative estimate of drug-likeness (QED) is 0.574. The van der Waals surface area contributed by atoms with Crippen molar-refractivity contribution in [2.75, 3.05) is 13.1 Å². The summed E-state index contributed by atoms with van der Waals surface area (Å²) < 4.78 is 40.0. The molecular formula is C23H26FNO3S2. The number of hydrogen-bond donors (Lipinski definition) is 0. The first-order valence-corrected chi connectivity index (χ1v) is 13.3. The van der Waals surface area contributed by atoms with Gasteiger partial charge in [-0.25, -0.2) is 12.8 Å². The van der Waals surface area contributed by atoms with Crippen LogP contribution in [0.5, 0.6) is 0 Å². The van der Waals surface area contributed by atoms with Gasteiger partial charge in [-0.15, -0.1) is 0 Å². The molecule has 0 bridgehead atoms. The Labute approximate surface area is 181 Å². The summed E-state index contributed by atoms with van der Waals surface area (Å²) in [5.74, 6) is -0.225. The molecule has 2 fully saturated rings. The van der Waals surface area contributed by atoms with Crippen LogP contribution >= 0.6 is 10.8 Å². The van der Waals surface area contributed by atoms with E-state index in [0.29, 0.717) is 36.4 Å². The first-order valence-electron chi connectivity index (χ1n) is 10.4. The second-order valence-corrected chi connectivity index (χ2v) is 12.3. The Hall–Kier alpha value is -1.70. The first-order chi connectivity index (χ1) is 14.3. The SMILES string of the molecule is Cc1ccc(S(=O)(=O)SC2CCN(C(C(=O)C3CC3)c3ccccc3F)CC2)cc1. The molecule has 2 aromatic rings. The van der Waals surface area contributed by atoms with Crippen molar-refractivity contribution < 1.29 is 17.6 Å². The maximum Gasteiger partial charge on any atom is 0.230 e. The van der Waals surface area contributed by atoms with Gasteiger partial charge in [0.05, 0.1) is 10.9 Å². The lowest BCUT2D eigenvalue weighted by molar-refractivity contribution is -0.126. The van der Waals surface area contributed by atoms with E-state index < -0.39 is 14.9 Å². The first kappa shape index (κ1) is 21.5. The summed E-state index contributed by atoms with van der Waals surface area (Å²) in [5, 5.41) is -0.0372. The summed E-state index contributed by atoms with van der Waals surface area (Å²) >= 11 is 0. The van der Waals surface area contributed by atoms with E-state index in [2.05, 4.69) is 0 Å². The molecule has 1 aliphatic heterocycles. The maximum absolute atomic E-state index is 14.5. The van der Waals surface area contributed by atoms with Crippen molar-refractivity contribution in [2.45, 2.75) is 48.8 Å². The summed E-state index contributed by atoms with van der Waals surface area (Å²) in [7, 11) is -2.41. The van der Waals surface area contributed by atoms with Gasteiger partial charge in [-0.05, 0) is 61.6 Å². The maximum atomic E-state index is 14.5. The molecule has 160 valence electrons. The minimum atomic E-state index is -3.42. The highest BCUT2D eigenvalue weighted by Crippen LogP contribution is 2.40. The van der Waals surface area contributed by atoms with Gasteiger partial charge in [0.25, 0.3) is 0 Å². The molecule has 1 saturated heterocycles. The average Bonchev–Trinajstić information content (AvgIpc) is 3.56. The van der Waals surface area contributed by atoms with Crippen LogP contribution in [-0.2, 0) is 13.7 Å². The van der Waals surface area contributed by atoms with E-state index in [1.165, 1.54) is 6.07 Å². The van der Waals surface area contributed by atoms with Gasteiger partial charge >= 0.3 is 0 Å². The van der Waals surface area contributed by atoms with E-state index in [1.807, 2.05) is 11.8 Å². The molecule has 0 N–H and O–H groups in total. The lowest BCUT2D eigenvalue weighted by Gasteiger charge is -2.36. The molecule has 4 rings (SSSR count). The highest BCUT2D eigenvalue weighted by molar-refractivity contribution is 8.72. The van der Waals surface area contributed by atoms with Gasteiger partial charge in [0, 0.05) is 29.8 Å². The number of piperidine rings is 1. The Morgan fingerprint density at radius 2 is 1.67 bits per heavy atom.